The van der Waals surface area contributed by atoms with E-state index in [1.807, 2.05) is 19.1 Å². The number of carbonyl (C=O) groups excluding carboxylic acids is 3. The van der Waals surface area contributed by atoms with Crippen LogP contribution >= 0.6 is 15.9 Å². The van der Waals surface area contributed by atoms with E-state index < -0.39 is 11.9 Å². The van der Waals surface area contributed by atoms with Gasteiger partial charge in [-0.15, -0.1) is 0 Å². The number of amides is 3. The second kappa shape index (κ2) is 9.15. The number of para-hydroxylation sites is 1. The first-order chi connectivity index (χ1) is 12.4. The molecule has 0 saturated carbocycles. The van der Waals surface area contributed by atoms with Gasteiger partial charge in [-0.05, 0) is 54.0 Å². The molecule has 0 aliphatic heterocycles. The van der Waals surface area contributed by atoms with Crippen molar-refractivity contribution in [2.45, 2.75) is 19.9 Å². The highest BCUT2D eigenvalue weighted by Gasteiger charge is 2.17. The molecule has 0 aromatic heterocycles. The van der Waals surface area contributed by atoms with Crippen LogP contribution in [0.4, 0.5) is 5.69 Å². The summed E-state index contributed by atoms with van der Waals surface area (Å²) in [7, 11) is 0. The van der Waals surface area contributed by atoms with E-state index in [9.17, 15) is 14.4 Å². The predicted molar refractivity (Wildman–Crippen MR) is 104 cm³/mol. The molecule has 0 spiro atoms. The van der Waals surface area contributed by atoms with Gasteiger partial charge in [0.1, 0.15) is 6.04 Å². The van der Waals surface area contributed by atoms with Gasteiger partial charge in [0.2, 0.25) is 11.8 Å². The molecule has 0 radical (unpaired) electrons. The molecule has 0 saturated heterocycles. The van der Waals surface area contributed by atoms with Crippen LogP contribution in [0.2, 0.25) is 0 Å². The summed E-state index contributed by atoms with van der Waals surface area (Å²) < 4.78 is 0.749. The van der Waals surface area contributed by atoms with Crippen molar-refractivity contribution in [2.24, 2.45) is 0 Å². The van der Waals surface area contributed by atoms with E-state index in [4.69, 9.17) is 0 Å². The maximum atomic E-state index is 12.2. The lowest BCUT2D eigenvalue weighted by Crippen LogP contribution is -2.46. The first-order valence-electron chi connectivity index (χ1n) is 8.06. The van der Waals surface area contributed by atoms with Crippen molar-refractivity contribution in [3.05, 3.63) is 64.1 Å². The molecular formula is C19H20BrN3O3. The predicted octanol–water partition coefficient (Wildman–Crippen LogP) is 2.63. The van der Waals surface area contributed by atoms with E-state index in [0.29, 0.717) is 11.3 Å². The van der Waals surface area contributed by atoms with Gasteiger partial charge in [0, 0.05) is 10.0 Å². The molecule has 0 bridgehead atoms. The van der Waals surface area contributed by atoms with E-state index in [-0.39, 0.29) is 18.4 Å². The summed E-state index contributed by atoms with van der Waals surface area (Å²) in [6, 6.07) is 13.5. The van der Waals surface area contributed by atoms with Gasteiger partial charge >= 0.3 is 0 Å². The molecule has 3 amide bonds. The summed E-state index contributed by atoms with van der Waals surface area (Å²) in [6.07, 6.45) is 0. The monoisotopic (exact) mass is 417 g/mol. The Hall–Kier alpha value is -2.67. The second-order valence-corrected chi connectivity index (χ2v) is 6.66. The Morgan fingerprint density at radius 3 is 2.50 bits per heavy atom. The van der Waals surface area contributed by atoms with Gasteiger partial charge in [0.15, 0.2) is 0 Å². The summed E-state index contributed by atoms with van der Waals surface area (Å²) in [6.45, 7) is 3.26. The van der Waals surface area contributed by atoms with Gasteiger partial charge in [-0.25, -0.2) is 0 Å². The van der Waals surface area contributed by atoms with Crippen molar-refractivity contribution in [3.8, 4) is 0 Å². The van der Waals surface area contributed by atoms with Crippen LogP contribution in [0.5, 0.6) is 0 Å². The number of hydrogen-bond donors (Lipinski definition) is 3. The fourth-order valence-corrected chi connectivity index (χ4v) is 2.59. The fourth-order valence-electron chi connectivity index (χ4n) is 2.21. The molecule has 0 aliphatic rings. The van der Waals surface area contributed by atoms with Crippen molar-refractivity contribution < 1.29 is 14.4 Å². The first kappa shape index (κ1) is 19.7. The number of halogens is 1. The van der Waals surface area contributed by atoms with Crippen molar-refractivity contribution in [1.82, 2.24) is 10.6 Å². The van der Waals surface area contributed by atoms with Crippen molar-refractivity contribution in [1.29, 1.82) is 0 Å². The molecule has 2 aromatic carbocycles. The van der Waals surface area contributed by atoms with Gasteiger partial charge in [0.05, 0.1) is 12.2 Å². The van der Waals surface area contributed by atoms with E-state index in [2.05, 4.69) is 31.9 Å². The number of carbonyl (C=O) groups is 3. The lowest BCUT2D eigenvalue weighted by atomic mass is 10.1. The average Bonchev–Trinajstić information content (AvgIpc) is 2.61. The van der Waals surface area contributed by atoms with Crippen molar-refractivity contribution in [3.63, 3.8) is 0 Å². The van der Waals surface area contributed by atoms with Crippen LogP contribution in [0.3, 0.4) is 0 Å². The largest absolute Gasteiger partial charge is 0.345 e. The van der Waals surface area contributed by atoms with Crippen molar-refractivity contribution >= 4 is 39.3 Å². The van der Waals surface area contributed by atoms with Crippen LogP contribution in [0.15, 0.2) is 53.0 Å². The Balaban J connectivity index is 1.82. The summed E-state index contributed by atoms with van der Waals surface area (Å²) in [5.74, 6) is -1.13. The third-order valence-corrected chi connectivity index (χ3v) is 4.28. The fraction of sp³-hybridized carbons (Fsp3) is 0.211. The molecule has 26 heavy (non-hydrogen) atoms. The van der Waals surface area contributed by atoms with Gasteiger partial charge in [0.25, 0.3) is 5.91 Å². The van der Waals surface area contributed by atoms with Crippen LogP contribution in [0.25, 0.3) is 0 Å². The Bertz CT molecular complexity index is 823. The minimum absolute atomic E-state index is 0.190. The van der Waals surface area contributed by atoms with E-state index in [0.717, 1.165) is 10.0 Å². The number of rotatable bonds is 6. The minimum Gasteiger partial charge on any atom is -0.345 e. The zero-order valence-electron chi connectivity index (χ0n) is 14.5. The van der Waals surface area contributed by atoms with E-state index >= 15 is 0 Å². The highest BCUT2D eigenvalue weighted by Crippen LogP contribution is 2.20. The molecule has 6 nitrogen and oxygen atoms in total. The minimum atomic E-state index is -0.765. The number of anilines is 1. The van der Waals surface area contributed by atoms with Gasteiger partial charge in [-0.3, -0.25) is 14.4 Å². The Morgan fingerprint density at radius 2 is 1.81 bits per heavy atom. The highest BCUT2D eigenvalue weighted by molar-refractivity contribution is 9.10. The number of aryl methyl sites for hydroxylation is 1. The van der Waals surface area contributed by atoms with Crippen LogP contribution in [-0.4, -0.2) is 30.3 Å². The van der Waals surface area contributed by atoms with Crippen LogP contribution < -0.4 is 16.0 Å². The number of nitrogens with one attached hydrogen (secondary N) is 3. The Labute approximate surface area is 160 Å². The standard InChI is InChI=1S/C19H20BrN3O3/c1-12-6-5-7-14(10-12)19(26)22-13(2)18(25)21-11-17(24)23-16-9-4-3-8-15(16)20/h3-10,13H,11H2,1-2H3,(H,21,25)(H,22,26)(H,23,24)/t13-/m0/s1. The number of benzene rings is 2. The molecule has 0 fully saturated rings. The number of hydrogen-bond acceptors (Lipinski definition) is 3. The van der Waals surface area contributed by atoms with Gasteiger partial charge in [-0.2, -0.15) is 0 Å². The quantitative estimate of drug-likeness (QED) is 0.674. The third kappa shape index (κ3) is 5.70. The molecule has 0 unspecified atom stereocenters. The van der Waals surface area contributed by atoms with Gasteiger partial charge < -0.3 is 16.0 Å². The van der Waals surface area contributed by atoms with Gasteiger partial charge in [-0.1, -0.05) is 29.8 Å². The smallest absolute Gasteiger partial charge is 0.251 e. The molecule has 3 N–H and O–H groups in total. The zero-order chi connectivity index (χ0) is 19.1. The summed E-state index contributed by atoms with van der Waals surface area (Å²) in [5, 5.41) is 7.81. The lowest BCUT2D eigenvalue weighted by Gasteiger charge is -2.14. The highest BCUT2D eigenvalue weighted by atomic mass is 79.9. The molecule has 136 valence electrons. The molecule has 0 heterocycles. The summed E-state index contributed by atoms with van der Waals surface area (Å²) in [4.78, 5) is 36.2. The normalized spacial score (nSPS) is 11.3. The van der Waals surface area contributed by atoms with Crippen LogP contribution in [-0.2, 0) is 9.59 Å². The van der Waals surface area contributed by atoms with E-state index in [1.165, 1.54) is 0 Å². The summed E-state index contributed by atoms with van der Waals surface area (Å²) in [5.41, 5.74) is 2.06. The maximum absolute atomic E-state index is 12.2. The van der Waals surface area contributed by atoms with Crippen LogP contribution in [0.1, 0.15) is 22.8 Å². The SMILES string of the molecule is Cc1cccc(C(=O)N[C@@H](C)C(=O)NCC(=O)Nc2ccccc2Br)c1. The first-order valence-corrected chi connectivity index (χ1v) is 8.85. The Kier molecular flexibility index (Phi) is 6.91. The molecule has 1 atom stereocenters. The molecular weight excluding hydrogens is 398 g/mol. The second-order valence-electron chi connectivity index (χ2n) is 5.81. The maximum Gasteiger partial charge on any atom is 0.251 e. The zero-order valence-corrected chi connectivity index (χ0v) is 16.1. The molecule has 2 rings (SSSR count). The molecule has 7 heteroatoms. The van der Waals surface area contributed by atoms with E-state index in [1.54, 1.807) is 43.3 Å². The molecule has 2 aromatic rings. The molecule has 0 aliphatic carbocycles. The average molecular weight is 418 g/mol. The van der Waals surface area contributed by atoms with Crippen LogP contribution in [0, 0.1) is 6.92 Å². The third-order valence-electron chi connectivity index (χ3n) is 3.59. The Morgan fingerprint density at radius 1 is 1.08 bits per heavy atom. The lowest BCUT2D eigenvalue weighted by molar-refractivity contribution is -0.125. The topological polar surface area (TPSA) is 87.3 Å². The van der Waals surface area contributed by atoms with Crippen molar-refractivity contribution in [2.75, 3.05) is 11.9 Å². The summed E-state index contributed by atoms with van der Waals surface area (Å²) >= 11 is 3.33.